The molecule has 0 saturated heterocycles. The summed E-state index contributed by atoms with van der Waals surface area (Å²) in [5, 5.41) is 2.79. The molecule has 3 N–H and O–H groups in total. The number of nitrogens with zero attached hydrogens (tertiary/aromatic N) is 1. The van der Waals surface area contributed by atoms with Crippen molar-refractivity contribution in [3.05, 3.63) is 83.6 Å². The van der Waals surface area contributed by atoms with Crippen LogP contribution in [0.1, 0.15) is 26.4 Å². The van der Waals surface area contributed by atoms with E-state index in [0.29, 0.717) is 22.5 Å². The van der Waals surface area contributed by atoms with E-state index < -0.39 is 5.91 Å². The Labute approximate surface area is 145 Å². The molecule has 0 bridgehead atoms. The molecule has 3 aromatic rings. The molecule has 124 valence electrons. The van der Waals surface area contributed by atoms with Crippen LogP contribution in [0.3, 0.4) is 0 Å². The first-order valence-corrected chi connectivity index (χ1v) is 7.79. The lowest BCUT2D eigenvalue weighted by Crippen LogP contribution is -2.15. The first kappa shape index (κ1) is 16.4. The molecule has 0 atom stereocenters. The molecule has 0 spiro atoms. The maximum Gasteiger partial charge on any atom is 0.257 e. The number of benzene rings is 2. The van der Waals surface area contributed by atoms with Gasteiger partial charge in [0.25, 0.3) is 5.91 Å². The van der Waals surface area contributed by atoms with E-state index in [1.807, 2.05) is 36.4 Å². The van der Waals surface area contributed by atoms with Crippen molar-refractivity contribution in [1.82, 2.24) is 4.98 Å². The second kappa shape index (κ2) is 6.97. The minimum atomic E-state index is -0.505. The molecule has 2 aromatic carbocycles. The fourth-order valence-corrected chi connectivity index (χ4v) is 2.49. The normalized spacial score (nSPS) is 10.3. The van der Waals surface area contributed by atoms with Crippen molar-refractivity contribution in [1.29, 1.82) is 0 Å². The average molecular weight is 331 g/mol. The van der Waals surface area contributed by atoms with Crippen molar-refractivity contribution in [3.63, 3.8) is 0 Å². The third kappa shape index (κ3) is 3.72. The standard InChI is InChI=1S/C20H17N3O2/c1-13-17(11-12-18(22-13)14-5-3-2-4-6-14)20(25)23-16-9-7-15(8-10-16)19(21)24/h2-12H,1H3,(H2,21,24)(H,23,25). The Kier molecular flexibility index (Phi) is 4.57. The van der Waals surface area contributed by atoms with Crippen LogP contribution in [-0.2, 0) is 0 Å². The van der Waals surface area contributed by atoms with Crippen LogP contribution in [0, 0.1) is 6.92 Å². The van der Waals surface area contributed by atoms with Gasteiger partial charge in [0.05, 0.1) is 17.0 Å². The molecule has 0 fully saturated rings. The molecule has 0 aliphatic rings. The number of rotatable bonds is 4. The van der Waals surface area contributed by atoms with Crippen LogP contribution in [0.5, 0.6) is 0 Å². The van der Waals surface area contributed by atoms with Crippen LogP contribution >= 0.6 is 0 Å². The number of nitrogens with two attached hydrogens (primary N) is 1. The fourth-order valence-electron chi connectivity index (χ4n) is 2.49. The number of amides is 2. The van der Waals surface area contributed by atoms with Crippen LogP contribution < -0.4 is 11.1 Å². The third-order valence-corrected chi connectivity index (χ3v) is 3.83. The van der Waals surface area contributed by atoms with Gasteiger partial charge < -0.3 is 11.1 Å². The Balaban J connectivity index is 1.79. The van der Waals surface area contributed by atoms with Gasteiger partial charge in [-0.05, 0) is 43.3 Å². The monoisotopic (exact) mass is 331 g/mol. The summed E-state index contributed by atoms with van der Waals surface area (Å²) in [5.41, 5.74) is 9.14. The summed E-state index contributed by atoms with van der Waals surface area (Å²) in [7, 11) is 0. The molecule has 0 aliphatic carbocycles. The van der Waals surface area contributed by atoms with Crippen molar-refractivity contribution < 1.29 is 9.59 Å². The van der Waals surface area contributed by atoms with E-state index in [-0.39, 0.29) is 5.91 Å². The molecule has 3 rings (SSSR count). The Morgan fingerprint density at radius 1 is 0.920 bits per heavy atom. The van der Waals surface area contributed by atoms with Crippen molar-refractivity contribution >= 4 is 17.5 Å². The predicted molar refractivity (Wildman–Crippen MR) is 97.3 cm³/mol. The number of primary amides is 1. The lowest BCUT2D eigenvalue weighted by atomic mass is 10.1. The van der Waals surface area contributed by atoms with Crippen molar-refractivity contribution in [2.45, 2.75) is 6.92 Å². The average Bonchev–Trinajstić information content (AvgIpc) is 2.62. The van der Waals surface area contributed by atoms with E-state index in [2.05, 4.69) is 10.3 Å². The lowest BCUT2D eigenvalue weighted by molar-refractivity contribution is 0.0998. The highest BCUT2D eigenvalue weighted by Crippen LogP contribution is 2.19. The fraction of sp³-hybridized carbons (Fsp3) is 0.0500. The summed E-state index contributed by atoms with van der Waals surface area (Å²) in [4.78, 5) is 28.1. The number of hydrogen-bond acceptors (Lipinski definition) is 3. The molecule has 0 radical (unpaired) electrons. The first-order chi connectivity index (χ1) is 12.0. The molecular weight excluding hydrogens is 314 g/mol. The number of pyridine rings is 1. The zero-order valence-electron chi connectivity index (χ0n) is 13.7. The Hall–Kier alpha value is -3.47. The molecule has 25 heavy (non-hydrogen) atoms. The molecular formula is C20H17N3O2. The van der Waals surface area contributed by atoms with Gasteiger partial charge in [-0.3, -0.25) is 14.6 Å². The van der Waals surface area contributed by atoms with Gasteiger partial charge in [-0.25, -0.2) is 0 Å². The maximum atomic E-state index is 12.5. The van der Waals surface area contributed by atoms with Crippen LogP contribution in [-0.4, -0.2) is 16.8 Å². The van der Waals surface area contributed by atoms with Gasteiger partial charge in [0.15, 0.2) is 0 Å². The van der Waals surface area contributed by atoms with Crippen LogP contribution in [0.2, 0.25) is 0 Å². The summed E-state index contributed by atoms with van der Waals surface area (Å²) >= 11 is 0. The zero-order valence-corrected chi connectivity index (χ0v) is 13.7. The van der Waals surface area contributed by atoms with E-state index in [4.69, 9.17) is 5.73 Å². The third-order valence-electron chi connectivity index (χ3n) is 3.83. The highest BCUT2D eigenvalue weighted by atomic mass is 16.2. The molecule has 0 unspecified atom stereocenters. The topological polar surface area (TPSA) is 85.1 Å². The van der Waals surface area contributed by atoms with Gasteiger partial charge in [-0.1, -0.05) is 30.3 Å². The number of carbonyl (C=O) groups is 2. The zero-order chi connectivity index (χ0) is 17.8. The van der Waals surface area contributed by atoms with Crippen LogP contribution in [0.15, 0.2) is 66.7 Å². The smallest absolute Gasteiger partial charge is 0.257 e. The summed E-state index contributed by atoms with van der Waals surface area (Å²) < 4.78 is 0. The number of anilines is 1. The molecule has 5 nitrogen and oxygen atoms in total. The predicted octanol–water partition coefficient (Wildman–Crippen LogP) is 3.41. The SMILES string of the molecule is Cc1nc(-c2ccccc2)ccc1C(=O)Nc1ccc(C(N)=O)cc1. The Bertz CT molecular complexity index is 919. The molecule has 5 heteroatoms. The van der Waals surface area contributed by atoms with Crippen molar-refractivity contribution in [3.8, 4) is 11.3 Å². The van der Waals surface area contributed by atoms with E-state index in [9.17, 15) is 9.59 Å². The number of aryl methyl sites for hydroxylation is 1. The number of hydrogen-bond donors (Lipinski definition) is 2. The molecule has 1 heterocycles. The van der Waals surface area contributed by atoms with Gasteiger partial charge in [0, 0.05) is 16.8 Å². The summed E-state index contributed by atoms with van der Waals surface area (Å²) in [5.74, 6) is -0.758. The van der Waals surface area contributed by atoms with Crippen molar-refractivity contribution in [2.24, 2.45) is 5.73 Å². The van der Waals surface area contributed by atoms with Gasteiger partial charge >= 0.3 is 0 Å². The number of nitrogens with one attached hydrogen (secondary N) is 1. The molecule has 1 aromatic heterocycles. The van der Waals surface area contributed by atoms with Gasteiger partial charge in [0.1, 0.15) is 0 Å². The largest absolute Gasteiger partial charge is 0.366 e. The lowest BCUT2D eigenvalue weighted by Gasteiger charge is -2.09. The Morgan fingerprint density at radius 3 is 2.20 bits per heavy atom. The highest BCUT2D eigenvalue weighted by molar-refractivity contribution is 6.05. The summed E-state index contributed by atoms with van der Waals surface area (Å²) in [6, 6.07) is 19.8. The van der Waals surface area contributed by atoms with E-state index >= 15 is 0 Å². The second-order valence-corrected chi connectivity index (χ2v) is 5.59. The summed E-state index contributed by atoms with van der Waals surface area (Å²) in [6.07, 6.45) is 0. The van der Waals surface area contributed by atoms with Gasteiger partial charge in [-0.2, -0.15) is 0 Å². The molecule has 0 saturated carbocycles. The first-order valence-electron chi connectivity index (χ1n) is 7.79. The second-order valence-electron chi connectivity index (χ2n) is 5.59. The molecule has 2 amide bonds. The molecule has 0 aliphatic heterocycles. The Morgan fingerprint density at radius 2 is 1.60 bits per heavy atom. The van der Waals surface area contributed by atoms with Gasteiger partial charge in [-0.15, -0.1) is 0 Å². The van der Waals surface area contributed by atoms with Crippen molar-refractivity contribution in [2.75, 3.05) is 5.32 Å². The minimum Gasteiger partial charge on any atom is -0.366 e. The van der Waals surface area contributed by atoms with Gasteiger partial charge in [0.2, 0.25) is 5.91 Å². The van der Waals surface area contributed by atoms with E-state index in [1.54, 1.807) is 37.3 Å². The van der Waals surface area contributed by atoms with Crippen LogP contribution in [0.25, 0.3) is 11.3 Å². The highest BCUT2D eigenvalue weighted by Gasteiger charge is 2.12. The minimum absolute atomic E-state index is 0.253. The summed E-state index contributed by atoms with van der Waals surface area (Å²) in [6.45, 7) is 1.80. The van der Waals surface area contributed by atoms with Crippen LogP contribution in [0.4, 0.5) is 5.69 Å². The van der Waals surface area contributed by atoms with E-state index in [0.717, 1.165) is 11.3 Å². The quantitative estimate of drug-likeness (QED) is 0.768. The number of aromatic nitrogens is 1. The number of carbonyl (C=O) groups excluding carboxylic acids is 2. The maximum absolute atomic E-state index is 12.5. The van der Waals surface area contributed by atoms with E-state index in [1.165, 1.54) is 0 Å².